The van der Waals surface area contributed by atoms with Crippen molar-refractivity contribution < 1.29 is 9.90 Å². The average Bonchev–Trinajstić information content (AvgIpc) is 3.18. The highest BCUT2D eigenvalue weighted by Gasteiger charge is 2.21. The Hall–Kier alpha value is -2.48. The van der Waals surface area contributed by atoms with Crippen LogP contribution >= 0.6 is 11.6 Å². The molecule has 7 nitrogen and oxygen atoms in total. The van der Waals surface area contributed by atoms with E-state index in [0.717, 1.165) is 56.0 Å². The number of H-pyrrole nitrogens is 1. The quantitative estimate of drug-likeness (QED) is 0.378. The molecule has 2 aromatic heterocycles. The number of halogens is 1. The van der Waals surface area contributed by atoms with E-state index in [-0.39, 0.29) is 5.78 Å². The van der Waals surface area contributed by atoms with Gasteiger partial charge in [0.25, 0.3) is 0 Å². The number of aromatic amines is 1. The minimum atomic E-state index is -0.519. The summed E-state index contributed by atoms with van der Waals surface area (Å²) in [6, 6.07) is 5.94. The fourth-order valence-electron chi connectivity index (χ4n) is 3.94. The van der Waals surface area contributed by atoms with Crippen LogP contribution in [0.5, 0.6) is 0 Å². The van der Waals surface area contributed by atoms with Crippen LogP contribution in [0.15, 0.2) is 36.8 Å². The largest absolute Gasteiger partial charge is 0.388 e. The normalized spacial score (nSPS) is 15.1. The van der Waals surface area contributed by atoms with Crippen molar-refractivity contribution in [2.24, 2.45) is 5.92 Å². The third-order valence-electron chi connectivity index (χ3n) is 5.73. The third kappa shape index (κ3) is 4.80. The van der Waals surface area contributed by atoms with E-state index in [9.17, 15) is 4.79 Å². The molecule has 0 bridgehead atoms. The zero-order valence-electron chi connectivity index (χ0n) is 16.8. The van der Waals surface area contributed by atoms with Crippen molar-refractivity contribution in [3.63, 3.8) is 0 Å². The van der Waals surface area contributed by atoms with E-state index in [4.69, 9.17) is 16.7 Å². The molecule has 0 radical (unpaired) electrons. The molecule has 0 unspecified atom stereocenters. The minimum Gasteiger partial charge on any atom is -0.388 e. The van der Waals surface area contributed by atoms with Crippen molar-refractivity contribution in [2.75, 3.05) is 37.7 Å². The summed E-state index contributed by atoms with van der Waals surface area (Å²) in [7, 11) is 0. The lowest BCUT2D eigenvalue weighted by Crippen LogP contribution is -2.38. The second-order valence-corrected chi connectivity index (χ2v) is 8.18. The van der Waals surface area contributed by atoms with Gasteiger partial charge in [-0.15, -0.1) is 0 Å². The fourth-order valence-corrected chi connectivity index (χ4v) is 4.12. The highest BCUT2D eigenvalue weighted by molar-refractivity contribution is 6.31. The van der Waals surface area contributed by atoms with E-state index in [0.29, 0.717) is 17.4 Å². The van der Waals surface area contributed by atoms with Crippen molar-refractivity contribution >= 4 is 34.2 Å². The number of nitrogens with one attached hydrogen (secondary N) is 2. The Bertz CT molecular complexity index is 996. The number of rotatable bonds is 8. The fraction of sp³-hybridized carbons (Fsp3) is 0.409. The van der Waals surface area contributed by atoms with Crippen LogP contribution in [0.4, 0.5) is 5.95 Å². The summed E-state index contributed by atoms with van der Waals surface area (Å²) in [6.45, 7) is 3.22. The Kier molecular flexibility index (Phi) is 6.62. The summed E-state index contributed by atoms with van der Waals surface area (Å²) in [6.07, 6.45) is 8.18. The zero-order valence-corrected chi connectivity index (χ0v) is 17.5. The number of aromatic nitrogens is 3. The van der Waals surface area contributed by atoms with Crippen molar-refractivity contribution in [1.82, 2.24) is 20.3 Å². The van der Waals surface area contributed by atoms with Gasteiger partial charge in [-0.3, -0.25) is 4.79 Å². The van der Waals surface area contributed by atoms with Crippen LogP contribution in [0.1, 0.15) is 28.8 Å². The molecule has 1 aromatic carbocycles. The molecule has 0 aliphatic carbocycles. The maximum absolute atomic E-state index is 11.5. The Morgan fingerprint density at radius 3 is 2.77 bits per heavy atom. The second-order valence-electron chi connectivity index (χ2n) is 7.74. The highest BCUT2D eigenvalue weighted by atomic mass is 35.5. The number of fused-ring (bicyclic) bond motifs is 1. The number of piperidine rings is 1. The molecule has 8 heteroatoms. The number of aliphatic hydroxyl groups is 1. The maximum Gasteiger partial charge on any atom is 0.225 e. The molecule has 1 saturated heterocycles. The Morgan fingerprint density at radius 1 is 1.27 bits per heavy atom. The second kappa shape index (κ2) is 9.55. The SMILES string of the molecule is O=C(CO)c1cnc(N2CCC(CNCCc3c[nH]c4ccc(Cl)cc34)CC2)nc1. The molecule has 30 heavy (non-hydrogen) atoms. The van der Waals surface area contributed by atoms with Crippen LogP contribution in [0.3, 0.4) is 0 Å². The number of Topliss-reactive ketones (excluding diaryl/α,β-unsaturated/α-hetero) is 1. The van der Waals surface area contributed by atoms with Gasteiger partial charge in [-0.2, -0.15) is 0 Å². The van der Waals surface area contributed by atoms with E-state index in [2.05, 4.69) is 31.4 Å². The molecule has 0 amide bonds. The van der Waals surface area contributed by atoms with Gasteiger partial charge in [-0.25, -0.2) is 9.97 Å². The van der Waals surface area contributed by atoms with Gasteiger partial charge in [0.2, 0.25) is 5.95 Å². The first-order chi connectivity index (χ1) is 14.6. The molecule has 0 spiro atoms. The molecule has 0 atom stereocenters. The van der Waals surface area contributed by atoms with Gasteiger partial charge < -0.3 is 20.3 Å². The monoisotopic (exact) mass is 427 g/mol. The molecular formula is C22H26ClN5O2. The standard InChI is InChI=1S/C22H26ClN5O2/c23-18-1-2-20-19(9-18)16(11-25-20)3-6-24-10-15-4-7-28(8-5-15)22-26-12-17(13-27-22)21(30)14-29/h1-2,9,11-13,15,24-25,29H,3-8,10,14H2. The first kappa shape index (κ1) is 20.8. The predicted molar refractivity (Wildman–Crippen MR) is 118 cm³/mol. The number of carbonyl (C=O) groups excluding carboxylic acids is 1. The van der Waals surface area contributed by atoms with Gasteiger partial charge in [0, 0.05) is 47.6 Å². The van der Waals surface area contributed by atoms with Crippen molar-refractivity contribution in [3.05, 3.63) is 52.9 Å². The van der Waals surface area contributed by atoms with Gasteiger partial charge in [-0.05, 0) is 62.0 Å². The predicted octanol–water partition coefficient (Wildman–Crippen LogP) is 2.84. The van der Waals surface area contributed by atoms with Crippen LogP contribution < -0.4 is 10.2 Å². The van der Waals surface area contributed by atoms with Gasteiger partial charge in [0.15, 0.2) is 5.78 Å². The van der Waals surface area contributed by atoms with Gasteiger partial charge >= 0.3 is 0 Å². The lowest BCUT2D eigenvalue weighted by Gasteiger charge is -2.32. The maximum atomic E-state index is 11.5. The molecule has 3 heterocycles. The first-order valence-electron chi connectivity index (χ1n) is 10.3. The molecule has 0 saturated carbocycles. The number of benzene rings is 1. The van der Waals surface area contributed by atoms with Crippen molar-refractivity contribution in [3.8, 4) is 0 Å². The number of aliphatic hydroxyl groups excluding tert-OH is 1. The number of anilines is 1. The number of carbonyl (C=O) groups is 1. The minimum absolute atomic E-state index is 0.345. The van der Waals surface area contributed by atoms with E-state index in [1.807, 2.05) is 18.2 Å². The molecule has 1 aliphatic heterocycles. The molecule has 3 aromatic rings. The van der Waals surface area contributed by atoms with Crippen molar-refractivity contribution in [2.45, 2.75) is 19.3 Å². The molecule has 1 fully saturated rings. The summed E-state index contributed by atoms with van der Waals surface area (Å²) >= 11 is 6.13. The zero-order chi connectivity index (χ0) is 20.9. The first-order valence-corrected chi connectivity index (χ1v) is 10.7. The third-order valence-corrected chi connectivity index (χ3v) is 5.97. The summed E-state index contributed by atoms with van der Waals surface area (Å²) in [5, 5.41) is 14.5. The highest BCUT2D eigenvalue weighted by Crippen LogP contribution is 2.23. The van der Waals surface area contributed by atoms with Crippen LogP contribution in [0.25, 0.3) is 10.9 Å². The van der Waals surface area contributed by atoms with E-state index in [1.54, 1.807) is 0 Å². The van der Waals surface area contributed by atoms with E-state index < -0.39 is 6.61 Å². The summed E-state index contributed by atoms with van der Waals surface area (Å²) < 4.78 is 0. The number of ketones is 1. The van der Waals surface area contributed by atoms with Gasteiger partial charge in [0.05, 0.1) is 5.56 Å². The molecule has 1 aliphatic rings. The topological polar surface area (TPSA) is 94.1 Å². The summed E-state index contributed by atoms with van der Waals surface area (Å²) in [5.41, 5.74) is 2.76. The number of hydrogen-bond donors (Lipinski definition) is 3. The van der Waals surface area contributed by atoms with E-state index in [1.165, 1.54) is 23.3 Å². The number of hydrogen-bond acceptors (Lipinski definition) is 6. The van der Waals surface area contributed by atoms with Crippen LogP contribution in [0, 0.1) is 5.92 Å². The number of nitrogens with zero attached hydrogens (tertiary/aromatic N) is 3. The molecule has 4 rings (SSSR count). The van der Waals surface area contributed by atoms with Crippen molar-refractivity contribution in [1.29, 1.82) is 0 Å². The molecule has 3 N–H and O–H groups in total. The molecule has 158 valence electrons. The Morgan fingerprint density at radius 2 is 2.03 bits per heavy atom. The van der Waals surface area contributed by atoms with Crippen LogP contribution in [-0.4, -0.2) is 58.6 Å². The van der Waals surface area contributed by atoms with Crippen LogP contribution in [0.2, 0.25) is 5.02 Å². The Labute approximate surface area is 180 Å². The van der Waals surface area contributed by atoms with Gasteiger partial charge in [0.1, 0.15) is 6.61 Å². The summed E-state index contributed by atoms with van der Waals surface area (Å²) in [5.74, 6) is 0.921. The summed E-state index contributed by atoms with van der Waals surface area (Å²) in [4.78, 5) is 25.5. The smallest absolute Gasteiger partial charge is 0.225 e. The Balaban J connectivity index is 1.20. The average molecular weight is 428 g/mol. The lowest BCUT2D eigenvalue weighted by molar-refractivity contribution is 0.0903. The lowest BCUT2D eigenvalue weighted by atomic mass is 9.97. The molecular weight excluding hydrogens is 402 g/mol. The van der Waals surface area contributed by atoms with Crippen LogP contribution in [-0.2, 0) is 6.42 Å². The van der Waals surface area contributed by atoms with Gasteiger partial charge in [-0.1, -0.05) is 11.6 Å². The van der Waals surface area contributed by atoms with E-state index >= 15 is 0 Å².